The number of hydrogen-bond donors (Lipinski definition) is 2. The number of nitrogens with one attached hydrogen (secondary N) is 2. The second-order valence-electron chi connectivity index (χ2n) is 6.53. The number of amides is 1. The van der Waals surface area contributed by atoms with E-state index in [9.17, 15) is 13.2 Å². The Morgan fingerprint density at radius 3 is 2.52 bits per heavy atom. The zero-order valence-electron chi connectivity index (χ0n) is 15.6. The van der Waals surface area contributed by atoms with E-state index >= 15 is 0 Å². The van der Waals surface area contributed by atoms with Crippen LogP contribution in [0.1, 0.15) is 37.8 Å². The number of carbonyl (C=O) groups is 1. The minimum atomic E-state index is -3.55. The normalized spacial score (nSPS) is 18.4. The van der Waals surface area contributed by atoms with E-state index < -0.39 is 10.0 Å². The molecule has 1 aliphatic heterocycles. The molecule has 7 heteroatoms. The Balaban J connectivity index is 2.33. The summed E-state index contributed by atoms with van der Waals surface area (Å²) in [5.74, 6) is -0.122. The molecule has 1 aromatic rings. The summed E-state index contributed by atoms with van der Waals surface area (Å²) >= 11 is 0. The van der Waals surface area contributed by atoms with Crippen LogP contribution < -0.4 is 10.6 Å². The van der Waals surface area contributed by atoms with Crippen LogP contribution in [-0.4, -0.2) is 44.8 Å². The lowest BCUT2D eigenvalue weighted by Crippen LogP contribution is -2.37. The second kappa shape index (κ2) is 8.29. The predicted octanol–water partition coefficient (Wildman–Crippen LogP) is 2.27. The third kappa shape index (κ3) is 4.40. The van der Waals surface area contributed by atoms with E-state index in [-0.39, 0.29) is 16.7 Å². The van der Waals surface area contributed by atoms with Crippen LogP contribution in [0.2, 0.25) is 0 Å². The maximum absolute atomic E-state index is 12.8. The maximum Gasteiger partial charge on any atom is 0.243 e. The molecule has 1 fully saturated rings. The van der Waals surface area contributed by atoms with E-state index in [0.717, 1.165) is 30.5 Å². The van der Waals surface area contributed by atoms with Crippen LogP contribution in [0.5, 0.6) is 0 Å². The minimum Gasteiger partial charge on any atom is -0.326 e. The molecule has 0 saturated carbocycles. The zero-order valence-corrected chi connectivity index (χ0v) is 16.4. The highest BCUT2D eigenvalue weighted by atomic mass is 32.2. The van der Waals surface area contributed by atoms with E-state index in [0.29, 0.717) is 25.3 Å². The third-order valence-corrected chi connectivity index (χ3v) is 6.94. The molecule has 140 valence electrons. The van der Waals surface area contributed by atoms with Crippen molar-refractivity contribution in [3.05, 3.63) is 23.3 Å². The van der Waals surface area contributed by atoms with Crippen molar-refractivity contribution >= 4 is 21.6 Å². The Morgan fingerprint density at radius 2 is 1.96 bits per heavy atom. The Hall–Kier alpha value is -1.44. The SMILES string of the molecule is CCN(CC)S(=O)(=O)c1cc(C)c(C)c(NC(=O)C2CCCNC2)c1. The van der Waals surface area contributed by atoms with Gasteiger partial charge < -0.3 is 10.6 Å². The molecular weight excluding hydrogens is 338 g/mol. The van der Waals surface area contributed by atoms with Gasteiger partial charge in [0.25, 0.3) is 0 Å². The molecule has 0 radical (unpaired) electrons. The number of sulfonamides is 1. The van der Waals surface area contributed by atoms with Gasteiger partial charge in [0.05, 0.1) is 10.8 Å². The van der Waals surface area contributed by atoms with Crippen molar-refractivity contribution in [3.8, 4) is 0 Å². The molecule has 2 rings (SSSR count). The fourth-order valence-corrected chi connectivity index (χ4v) is 4.70. The molecule has 1 aromatic carbocycles. The standard InChI is InChI=1S/C18H29N3O3S/c1-5-21(6-2)25(23,24)16-10-13(3)14(4)17(11-16)20-18(22)15-8-7-9-19-12-15/h10-11,15,19H,5-9,12H2,1-4H3,(H,20,22). The lowest BCUT2D eigenvalue weighted by Gasteiger charge is -2.23. The number of hydrogen-bond acceptors (Lipinski definition) is 4. The minimum absolute atomic E-state index is 0.0490. The largest absolute Gasteiger partial charge is 0.326 e. The highest BCUT2D eigenvalue weighted by Gasteiger charge is 2.25. The summed E-state index contributed by atoms with van der Waals surface area (Å²) in [5.41, 5.74) is 2.34. The van der Waals surface area contributed by atoms with E-state index in [4.69, 9.17) is 0 Å². The number of rotatable bonds is 6. The van der Waals surface area contributed by atoms with Gasteiger partial charge in [0.1, 0.15) is 0 Å². The molecule has 1 unspecified atom stereocenters. The van der Waals surface area contributed by atoms with Crippen molar-refractivity contribution < 1.29 is 13.2 Å². The highest BCUT2D eigenvalue weighted by Crippen LogP contribution is 2.27. The maximum atomic E-state index is 12.8. The van der Waals surface area contributed by atoms with Crippen LogP contribution in [0, 0.1) is 19.8 Å². The summed E-state index contributed by atoms with van der Waals surface area (Å²) in [5, 5.41) is 6.18. The van der Waals surface area contributed by atoms with Gasteiger partial charge in [-0.3, -0.25) is 4.79 Å². The Kier molecular flexibility index (Phi) is 6.59. The van der Waals surface area contributed by atoms with Gasteiger partial charge >= 0.3 is 0 Å². The van der Waals surface area contributed by atoms with Gasteiger partial charge in [-0.15, -0.1) is 0 Å². The number of benzene rings is 1. The first kappa shape index (κ1) is 19.9. The average Bonchev–Trinajstić information content (AvgIpc) is 2.60. The quantitative estimate of drug-likeness (QED) is 0.808. The fourth-order valence-electron chi connectivity index (χ4n) is 3.13. The zero-order chi connectivity index (χ0) is 18.6. The Bertz CT molecular complexity index is 721. The molecule has 0 spiro atoms. The van der Waals surface area contributed by atoms with Gasteiger partial charge in [-0.1, -0.05) is 13.8 Å². The lowest BCUT2D eigenvalue weighted by molar-refractivity contribution is -0.120. The van der Waals surface area contributed by atoms with Crippen molar-refractivity contribution in [1.29, 1.82) is 0 Å². The number of nitrogens with zero attached hydrogens (tertiary/aromatic N) is 1. The summed E-state index contributed by atoms with van der Waals surface area (Å²) < 4.78 is 27.0. The molecule has 1 amide bonds. The number of anilines is 1. The second-order valence-corrected chi connectivity index (χ2v) is 8.47. The summed E-state index contributed by atoms with van der Waals surface area (Å²) in [6, 6.07) is 3.27. The van der Waals surface area contributed by atoms with E-state index in [2.05, 4.69) is 10.6 Å². The Morgan fingerprint density at radius 1 is 1.28 bits per heavy atom. The van der Waals surface area contributed by atoms with Crippen molar-refractivity contribution in [2.24, 2.45) is 5.92 Å². The highest BCUT2D eigenvalue weighted by molar-refractivity contribution is 7.89. The number of carbonyl (C=O) groups excluding carboxylic acids is 1. The lowest BCUT2D eigenvalue weighted by atomic mass is 9.98. The topological polar surface area (TPSA) is 78.5 Å². The van der Waals surface area contributed by atoms with Crippen LogP contribution in [0.25, 0.3) is 0 Å². The molecule has 0 bridgehead atoms. The number of aryl methyl sites for hydroxylation is 1. The summed E-state index contributed by atoms with van der Waals surface area (Å²) in [6.07, 6.45) is 1.83. The molecule has 2 N–H and O–H groups in total. The van der Waals surface area contributed by atoms with E-state index in [1.807, 2.05) is 27.7 Å². The van der Waals surface area contributed by atoms with Crippen LogP contribution in [0.4, 0.5) is 5.69 Å². The molecule has 0 aromatic heterocycles. The molecule has 0 aliphatic carbocycles. The molecule has 1 heterocycles. The summed E-state index contributed by atoms with van der Waals surface area (Å²) in [6.45, 7) is 9.86. The number of piperidine rings is 1. The molecule has 6 nitrogen and oxygen atoms in total. The Labute approximate surface area is 151 Å². The van der Waals surface area contributed by atoms with Gasteiger partial charge in [0.15, 0.2) is 0 Å². The van der Waals surface area contributed by atoms with Crippen LogP contribution in [-0.2, 0) is 14.8 Å². The smallest absolute Gasteiger partial charge is 0.243 e. The van der Waals surface area contributed by atoms with E-state index in [1.54, 1.807) is 12.1 Å². The van der Waals surface area contributed by atoms with Crippen molar-refractivity contribution in [1.82, 2.24) is 9.62 Å². The van der Waals surface area contributed by atoms with Gasteiger partial charge in [0, 0.05) is 25.3 Å². The van der Waals surface area contributed by atoms with Crippen molar-refractivity contribution in [2.45, 2.75) is 45.4 Å². The molecular formula is C18H29N3O3S. The van der Waals surface area contributed by atoms with Crippen LogP contribution in [0.3, 0.4) is 0 Å². The average molecular weight is 368 g/mol. The van der Waals surface area contributed by atoms with Gasteiger partial charge in [-0.05, 0) is 56.5 Å². The first-order valence-electron chi connectivity index (χ1n) is 8.94. The molecule has 1 atom stereocenters. The van der Waals surface area contributed by atoms with Gasteiger partial charge in [-0.25, -0.2) is 8.42 Å². The first-order valence-corrected chi connectivity index (χ1v) is 10.4. The summed E-state index contributed by atoms with van der Waals surface area (Å²) in [4.78, 5) is 12.8. The van der Waals surface area contributed by atoms with Crippen LogP contribution in [0.15, 0.2) is 17.0 Å². The predicted molar refractivity (Wildman–Crippen MR) is 100 cm³/mol. The fraction of sp³-hybridized carbons (Fsp3) is 0.611. The van der Waals surface area contributed by atoms with Crippen molar-refractivity contribution in [3.63, 3.8) is 0 Å². The van der Waals surface area contributed by atoms with E-state index in [1.165, 1.54) is 4.31 Å². The molecule has 1 aliphatic rings. The molecule has 25 heavy (non-hydrogen) atoms. The van der Waals surface area contributed by atoms with Crippen molar-refractivity contribution in [2.75, 3.05) is 31.5 Å². The van der Waals surface area contributed by atoms with Crippen LogP contribution >= 0.6 is 0 Å². The third-order valence-electron chi connectivity index (χ3n) is 4.91. The molecule has 1 saturated heterocycles. The summed E-state index contributed by atoms with van der Waals surface area (Å²) in [7, 11) is -3.55. The van der Waals surface area contributed by atoms with Gasteiger partial charge in [0.2, 0.25) is 15.9 Å². The monoisotopic (exact) mass is 367 g/mol. The first-order chi connectivity index (χ1) is 11.8. The van der Waals surface area contributed by atoms with Gasteiger partial charge in [-0.2, -0.15) is 4.31 Å².